The first-order chi connectivity index (χ1) is 20.2. The van der Waals surface area contributed by atoms with Crippen molar-refractivity contribution in [1.82, 2.24) is 19.9 Å². The highest BCUT2D eigenvalue weighted by atomic mass is 16.5. The standard InChI is InChI=1S/C31H35N5O6/c1-36(2)11-10-31(37,21-14-26(39-4)35-27(15-21)40-5)28(24-16-22(38-3)18-33-29(24)41-6)23-13-20-12-19(17-32)8-9-25(20)34-30(23)42-7/h8-9,12-16,18,28,37H,10-11H2,1-7H3/t28-,31+/m0/s1. The lowest BCUT2D eigenvalue weighted by atomic mass is 9.72. The number of nitriles is 1. The highest BCUT2D eigenvalue weighted by Crippen LogP contribution is 2.50. The molecule has 11 heteroatoms. The molecular formula is C31H35N5O6. The van der Waals surface area contributed by atoms with Crippen LogP contribution in [0, 0.1) is 11.3 Å². The minimum absolute atomic E-state index is 0.251. The molecule has 3 heterocycles. The molecule has 42 heavy (non-hydrogen) atoms. The van der Waals surface area contributed by atoms with Crippen molar-refractivity contribution in [2.75, 3.05) is 56.2 Å². The summed E-state index contributed by atoms with van der Waals surface area (Å²) in [5.41, 5.74) is 1.02. The molecule has 0 fully saturated rings. The summed E-state index contributed by atoms with van der Waals surface area (Å²) < 4.78 is 28.1. The van der Waals surface area contributed by atoms with E-state index >= 15 is 0 Å². The van der Waals surface area contributed by atoms with Gasteiger partial charge < -0.3 is 33.7 Å². The van der Waals surface area contributed by atoms with Crippen LogP contribution in [0.25, 0.3) is 10.9 Å². The van der Waals surface area contributed by atoms with Crippen molar-refractivity contribution in [1.29, 1.82) is 5.26 Å². The third kappa shape index (κ3) is 6.00. The van der Waals surface area contributed by atoms with Gasteiger partial charge in [0.05, 0.1) is 64.8 Å². The number of aromatic nitrogens is 3. The Morgan fingerprint density at radius 2 is 1.52 bits per heavy atom. The van der Waals surface area contributed by atoms with E-state index in [1.165, 1.54) is 28.4 Å². The number of ether oxygens (including phenoxy) is 5. The van der Waals surface area contributed by atoms with Gasteiger partial charge >= 0.3 is 0 Å². The molecule has 2 atom stereocenters. The fraction of sp³-hybridized carbons (Fsp3) is 0.355. The van der Waals surface area contributed by atoms with E-state index in [9.17, 15) is 10.4 Å². The largest absolute Gasteiger partial charge is 0.495 e. The van der Waals surface area contributed by atoms with Gasteiger partial charge in [-0.3, -0.25) is 0 Å². The van der Waals surface area contributed by atoms with E-state index in [0.29, 0.717) is 51.3 Å². The zero-order valence-corrected chi connectivity index (χ0v) is 24.8. The Labute approximate surface area is 245 Å². The van der Waals surface area contributed by atoms with E-state index in [1.54, 1.807) is 49.7 Å². The second kappa shape index (κ2) is 12.9. The van der Waals surface area contributed by atoms with Gasteiger partial charge in [0, 0.05) is 35.2 Å². The summed E-state index contributed by atoms with van der Waals surface area (Å²) in [7, 11) is 11.4. The lowest BCUT2D eigenvalue weighted by Gasteiger charge is -2.39. The molecule has 0 radical (unpaired) electrons. The minimum Gasteiger partial charge on any atom is -0.495 e. The summed E-state index contributed by atoms with van der Waals surface area (Å²) in [6, 6.07) is 14.4. The average molecular weight is 574 g/mol. The first kappa shape index (κ1) is 30.3. The van der Waals surface area contributed by atoms with Crippen molar-refractivity contribution >= 4 is 10.9 Å². The van der Waals surface area contributed by atoms with Gasteiger partial charge in [0.2, 0.25) is 23.5 Å². The highest BCUT2D eigenvalue weighted by Gasteiger charge is 2.45. The Bertz CT molecular complexity index is 1580. The molecule has 0 spiro atoms. The van der Waals surface area contributed by atoms with Gasteiger partial charge in [-0.2, -0.15) is 10.2 Å². The molecule has 4 rings (SSSR count). The Morgan fingerprint density at radius 3 is 2.10 bits per heavy atom. The van der Waals surface area contributed by atoms with E-state index in [4.69, 9.17) is 28.7 Å². The topological polar surface area (TPSA) is 132 Å². The van der Waals surface area contributed by atoms with E-state index in [2.05, 4.69) is 16.0 Å². The Balaban J connectivity index is 2.15. The van der Waals surface area contributed by atoms with Gasteiger partial charge in [0.15, 0.2) is 0 Å². The van der Waals surface area contributed by atoms with Crippen molar-refractivity contribution in [3.05, 3.63) is 70.9 Å². The zero-order valence-electron chi connectivity index (χ0n) is 24.8. The number of methoxy groups -OCH3 is 5. The van der Waals surface area contributed by atoms with Crippen molar-refractivity contribution in [2.24, 2.45) is 0 Å². The molecule has 0 saturated heterocycles. The first-order valence-electron chi connectivity index (χ1n) is 13.2. The molecule has 220 valence electrons. The van der Waals surface area contributed by atoms with Gasteiger partial charge in [-0.15, -0.1) is 0 Å². The Morgan fingerprint density at radius 1 is 0.857 bits per heavy atom. The summed E-state index contributed by atoms with van der Waals surface area (Å²) in [5, 5.41) is 23.4. The Hall–Kier alpha value is -4.66. The third-order valence-corrected chi connectivity index (χ3v) is 7.15. The molecule has 0 aliphatic rings. The van der Waals surface area contributed by atoms with Gasteiger partial charge in [-0.1, -0.05) is 0 Å². The van der Waals surface area contributed by atoms with E-state index in [0.717, 1.165) is 0 Å². The summed E-state index contributed by atoms with van der Waals surface area (Å²) >= 11 is 0. The number of fused-ring (bicyclic) bond motifs is 1. The number of benzene rings is 1. The summed E-state index contributed by atoms with van der Waals surface area (Å²) in [4.78, 5) is 15.6. The lowest BCUT2D eigenvalue weighted by molar-refractivity contribution is 0.00254. The second-order valence-electron chi connectivity index (χ2n) is 9.93. The fourth-order valence-corrected chi connectivity index (χ4v) is 5.02. The molecule has 1 aromatic carbocycles. The molecule has 4 aromatic rings. The highest BCUT2D eigenvalue weighted by molar-refractivity contribution is 5.82. The molecule has 0 amide bonds. The van der Waals surface area contributed by atoms with Crippen LogP contribution in [-0.2, 0) is 5.60 Å². The maximum atomic E-state index is 13.1. The fourth-order valence-electron chi connectivity index (χ4n) is 5.02. The predicted octanol–water partition coefficient (Wildman–Crippen LogP) is 3.91. The van der Waals surface area contributed by atoms with Gasteiger partial charge in [-0.05, 0) is 56.4 Å². The van der Waals surface area contributed by atoms with E-state index < -0.39 is 11.5 Å². The maximum Gasteiger partial charge on any atom is 0.217 e. The predicted molar refractivity (Wildman–Crippen MR) is 157 cm³/mol. The summed E-state index contributed by atoms with van der Waals surface area (Å²) in [6.45, 7) is 0.502. The van der Waals surface area contributed by atoms with Crippen molar-refractivity contribution < 1.29 is 28.8 Å². The van der Waals surface area contributed by atoms with Crippen molar-refractivity contribution in [2.45, 2.75) is 17.9 Å². The van der Waals surface area contributed by atoms with Crippen molar-refractivity contribution in [3.8, 4) is 35.3 Å². The van der Waals surface area contributed by atoms with Crippen LogP contribution >= 0.6 is 0 Å². The van der Waals surface area contributed by atoms with Gasteiger partial charge in [0.25, 0.3) is 0 Å². The normalized spacial score (nSPS) is 13.2. The number of pyridine rings is 3. The third-order valence-electron chi connectivity index (χ3n) is 7.15. The van der Waals surface area contributed by atoms with Gasteiger partial charge in [-0.25, -0.2) is 9.97 Å². The molecule has 0 unspecified atom stereocenters. The quantitative estimate of drug-likeness (QED) is 0.265. The monoisotopic (exact) mass is 573 g/mol. The summed E-state index contributed by atoms with van der Waals surface area (Å²) in [5.74, 6) is 0.705. The van der Waals surface area contributed by atoms with Crippen LogP contribution in [0.2, 0.25) is 0 Å². The maximum absolute atomic E-state index is 13.1. The number of hydrogen-bond acceptors (Lipinski definition) is 11. The van der Waals surface area contributed by atoms with Crippen LogP contribution in [0.5, 0.6) is 29.3 Å². The number of aliphatic hydroxyl groups is 1. The van der Waals surface area contributed by atoms with E-state index in [-0.39, 0.29) is 24.1 Å². The smallest absolute Gasteiger partial charge is 0.217 e. The number of rotatable bonds is 12. The van der Waals surface area contributed by atoms with Crippen LogP contribution < -0.4 is 23.7 Å². The summed E-state index contributed by atoms with van der Waals surface area (Å²) in [6.07, 6.45) is 1.80. The molecule has 0 aliphatic carbocycles. The number of nitrogens with zero attached hydrogens (tertiary/aromatic N) is 5. The molecule has 11 nitrogen and oxygen atoms in total. The van der Waals surface area contributed by atoms with Crippen LogP contribution in [0.4, 0.5) is 0 Å². The number of hydrogen-bond donors (Lipinski definition) is 1. The minimum atomic E-state index is -1.65. The van der Waals surface area contributed by atoms with E-state index in [1.807, 2.05) is 25.1 Å². The molecule has 0 saturated carbocycles. The molecule has 3 aromatic heterocycles. The molecule has 0 bridgehead atoms. The van der Waals surface area contributed by atoms with Crippen molar-refractivity contribution in [3.63, 3.8) is 0 Å². The van der Waals surface area contributed by atoms with Gasteiger partial charge in [0.1, 0.15) is 11.4 Å². The second-order valence-corrected chi connectivity index (χ2v) is 9.93. The van der Waals surface area contributed by atoms with Crippen LogP contribution in [0.15, 0.2) is 48.7 Å². The molecule has 1 N–H and O–H groups in total. The average Bonchev–Trinajstić information content (AvgIpc) is 3.02. The molecule has 0 aliphatic heterocycles. The van der Waals surface area contributed by atoms with Crippen LogP contribution in [-0.4, -0.2) is 81.1 Å². The first-order valence-corrected chi connectivity index (χ1v) is 13.2. The zero-order chi connectivity index (χ0) is 30.4. The lowest BCUT2D eigenvalue weighted by Crippen LogP contribution is -2.38. The van der Waals surface area contributed by atoms with Crippen LogP contribution in [0.1, 0.15) is 34.6 Å². The SMILES string of the molecule is COc1cnc(OC)c([C@H](c2cc3cc(C#N)ccc3nc2OC)[C@@](O)(CCN(C)C)c2cc(OC)nc(OC)c2)c1. The molecular weight excluding hydrogens is 538 g/mol. The van der Waals surface area contributed by atoms with Crippen LogP contribution in [0.3, 0.4) is 0 Å². The Kier molecular flexibility index (Phi) is 9.30.